The quantitative estimate of drug-likeness (QED) is 0.855. The molecule has 1 amide bonds. The van der Waals surface area contributed by atoms with Gasteiger partial charge in [-0.3, -0.25) is 4.79 Å². The van der Waals surface area contributed by atoms with Gasteiger partial charge in [0.25, 0.3) is 5.91 Å². The van der Waals surface area contributed by atoms with E-state index in [1.165, 1.54) is 29.2 Å². The molecule has 1 aromatic carbocycles. The molecule has 1 atom stereocenters. The van der Waals surface area contributed by atoms with Crippen LogP contribution in [-0.2, 0) is 0 Å². The zero-order valence-corrected chi connectivity index (χ0v) is 10.8. The molecule has 2 rings (SSSR count). The van der Waals surface area contributed by atoms with E-state index in [4.69, 9.17) is 5.26 Å². The topological polar surface area (TPSA) is 53.3 Å². The Morgan fingerprint density at radius 1 is 1.45 bits per heavy atom. The number of alkyl halides is 2. The third-order valence-electron chi connectivity index (χ3n) is 3.22. The molecule has 0 spiro atoms. The van der Waals surface area contributed by atoms with E-state index in [0.717, 1.165) is 12.8 Å². The van der Waals surface area contributed by atoms with Crippen molar-refractivity contribution in [2.45, 2.75) is 31.9 Å². The largest absolute Gasteiger partial charge is 0.435 e. The molecule has 4 nitrogen and oxygen atoms in total. The number of likely N-dealkylation sites (tertiary alicyclic amines) is 1. The van der Waals surface area contributed by atoms with Gasteiger partial charge in [0.2, 0.25) is 0 Å². The Morgan fingerprint density at radius 2 is 2.25 bits per heavy atom. The third-order valence-corrected chi connectivity index (χ3v) is 3.22. The Balaban J connectivity index is 2.18. The average molecular weight is 280 g/mol. The molecule has 1 aromatic rings. The fraction of sp³-hybridized carbons (Fsp3) is 0.429. The molecule has 0 aliphatic carbocycles. The molecule has 0 bridgehead atoms. The van der Waals surface area contributed by atoms with E-state index in [0.29, 0.717) is 13.0 Å². The number of carbonyl (C=O) groups excluding carboxylic acids is 1. The SMILES string of the molecule is N#CC1CCCCN1C(=O)c1cccc(OC(F)F)c1. The second kappa shape index (κ2) is 6.33. The monoisotopic (exact) mass is 280 g/mol. The Labute approximate surface area is 115 Å². The number of rotatable bonds is 3. The van der Waals surface area contributed by atoms with Gasteiger partial charge in [-0.25, -0.2) is 0 Å². The van der Waals surface area contributed by atoms with Crippen LogP contribution in [0.25, 0.3) is 0 Å². The smallest absolute Gasteiger partial charge is 0.387 e. The van der Waals surface area contributed by atoms with Gasteiger partial charge in [0, 0.05) is 12.1 Å². The Kier molecular flexibility index (Phi) is 4.51. The van der Waals surface area contributed by atoms with Crippen LogP contribution in [0.2, 0.25) is 0 Å². The number of halogens is 2. The number of piperidine rings is 1. The maximum atomic E-state index is 12.3. The molecule has 1 fully saturated rings. The number of nitrogens with zero attached hydrogens (tertiary/aromatic N) is 2. The lowest BCUT2D eigenvalue weighted by atomic mass is 10.0. The van der Waals surface area contributed by atoms with E-state index in [2.05, 4.69) is 10.8 Å². The van der Waals surface area contributed by atoms with E-state index in [1.54, 1.807) is 0 Å². The lowest BCUT2D eigenvalue weighted by Gasteiger charge is -2.31. The first-order valence-electron chi connectivity index (χ1n) is 6.37. The molecule has 0 N–H and O–H groups in total. The number of carbonyl (C=O) groups is 1. The molecule has 6 heteroatoms. The van der Waals surface area contributed by atoms with Crippen molar-refractivity contribution in [1.82, 2.24) is 4.90 Å². The third kappa shape index (κ3) is 3.23. The summed E-state index contributed by atoms with van der Waals surface area (Å²) in [5.41, 5.74) is 0.255. The lowest BCUT2D eigenvalue weighted by Crippen LogP contribution is -2.42. The van der Waals surface area contributed by atoms with Crippen molar-refractivity contribution in [3.63, 3.8) is 0 Å². The zero-order valence-electron chi connectivity index (χ0n) is 10.8. The van der Waals surface area contributed by atoms with E-state index in [1.807, 2.05) is 0 Å². The van der Waals surface area contributed by atoms with Gasteiger partial charge >= 0.3 is 6.61 Å². The first-order valence-corrected chi connectivity index (χ1v) is 6.37. The second-order valence-electron chi connectivity index (χ2n) is 4.55. The zero-order chi connectivity index (χ0) is 14.5. The molecule has 1 aliphatic rings. The fourth-order valence-corrected chi connectivity index (χ4v) is 2.28. The normalized spacial score (nSPS) is 18.7. The van der Waals surface area contributed by atoms with Gasteiger partial charge in [-0.15, -0.1) is 0 Å². The molecule has 1 aliphatic heterocycles. The first kappa shape index (κ1) is 14.3. The van der Waals surface area contributed by atoms with Crippen molar-refractivity contribution in [2.24, 2.45) is 0 Å². The first-order chi connectivity index (χ1) is 9.61. The summed E-state index contributed by atoms with van der Waals surface area (Å²) < 4.78 is 28.6. The summed E-state index contributed by atoms with van der Waals surface area (Å²) in [5.74, 6) is -0.382. The molecule has 0 saturated carbocycles. The number of hydrogen-bond acceptors (Lipinski definition) is 3. The predicted octanol–water partition coefficient (Wildman–Crippen LogP) is 2.81. The van der Waals surface area contributed by atoms with Crippen molar-refractivity contribution in [3.8, 4) is 11.8 Å². The fourth-order valence-electron chi connectivity index (χ4n) is 2.28. The molecule has 20 heavy (non-hydrogen) atoms. The standard InChI is InChI=1S/C14H14F2N2O2/c15-14(16)20-12-6-3-4-10(8-12)13(19)18-7-2-1-5-11(18)9-17/h3-4,6,8,11,14H,1-2,5,7H2. The van der Waals surface area contributed by atoms with Gasteiger partial charge in [-0.2, -0.15) is 14.0 Å². The lowest BCUT2D eigenvalue weighted by molar-refractivity contribution is -0.0499. The summed E-state index contributed by atoms with van der Waals surface area (Å²) in [6, 6.07) is 7.31. The molecule has 0 aromatic heterocycles. The highest BCUT2D eigenvalue weighted by Gasteiger charge is 2.27. The number of hydrogen-bond donors (Lipinski definition) is 0. The van der Waals surface area contributed by atoms with Crippen LogP contribution in [0.5, 0.6) is 5.75 Å². The van der Waals surface area contributed by atoms with Gasteiger partial charge in [0.1, 0.15) is 11.8 Å². The highest BCUT2D eigenvalue weighted by atomic mass is 19.3. The van der Waals surface area contributed by atoms with Crippen molar-refractivity contribution < 1.29 is 18.3 Å². The Morgan fingerprint density at radius 3 is 2.95 bits per heavy atom. The summed E-state index contributed by atoms with van der Waals surface area (Å²) in [5, 5.41) is 9.06. The van der Waals surface area contributed by atoms with Gasteiger partial charge in [0.05, 0.1) is 6.07 Å². The van der Waals surface area contributed by atoms with Crippen LogP contribution in [0.3, 0.4) is 0 Å². The van der Waals surface area contributed by atoms with Crippen molar-refractivity contribution in [3.05, 3.63) is 29.8 Å². The van der Waals surface area contributed by atoms with Crippen molar-refractivity contribution >= 4 is 5.91 Å². The maximum Gasteiger partial charge on any atom is 0.387 e. The van der Waals surface area contributed by atoms with Crippen LogP contribution in [0.1, 0.15) is 29.6 Å². The van der Waals surface area contributed by atoms with Crippen molar-refractivity contribution in [1.29, 1.82) is 5.26 Å². The van der Waals surface area contributed by atoms with Gasteiger partial charge in [-0.1, -0.05) is 6.07 Å². The van der Waals surface area contributed by atoms with Crippen LogP contribution in [-0.4, -0.2) is 30.0 Å². The minimum Gasteiger partial charge on any atom is -0.435 e. The van der Waals surface area contributed by atoms with Gasteiger partial charge < -0.3 is 9.64 Å². The van der Waals surface area contributed by atoms with Crippen LogP contribution >= 0.6 is 0 Å². The van der Waals surface area contributed by atoms with Gasteiger partial charge in [0.15, 0.2) is 0 Å². The van der Waals surface area contributed by atoms with E-state index >= 15 is 0 Å². The van der Waals surface area contributed by atoms with E-state index in [-0.39, 0.29) is 17.2 Å². The number of nitriles is 1. The summed E-state index contributed by atoms with van der Waals surface area (Å²) in [4.78, 5) is 13.8. The minimum atomic E-state index is -2.93. The summed E-state index contributed by atoms with van der Waals surface area (Å²) in [6.45, 7) is -2.42. The Bertz CT molecular complexity index is 528. The highest BCUT2D eigenvalue weighted by molar-refractivity contribution is 5.95. The molecule has 1 unspecified atom stereocenters. The summed E-state index contributed by atoms with van der Waals surface area (Å²) in [6.07, 6.45) is 2.41. The summed E-state index contributed by atoms with van der Waals surface area (Å²) in [7, 11) is 0. The Hall–Kier alpha value is -2.16. The second-order valence-corrected chi connectivity index (χ2v) is 4.55. The van der Waals surface area contributed by atoms with Crippen LogP contribution in [0.15, 0.2) is 24.3 Å². The van der Waals surface area contributed by atoms with E-state index in [9.17, 15) is 13.6 Å². The molecule has 106 valence electrons. The minimum absolute atomic E-state index is 0.0589. The average Bonchev–Trinajstić information content (AvgIpc) is 2.46. The summed E-state index contributed by atoms with van der Waals surface area (Å²) >= 11 is 0. The van der Waals surface area contributed by atoms with E-state index < -0.39 is 12.7 Å². The number of benzene rings is 1. The molecular weight excluding hydrogens is 266 g/mol. The van der Waals surface area contributed by atoms with Crippen LogP contribution < -0.4 is 4.74 Å². The van der Waals surface area contributed by atoms with Crippen LogP contribution in [0, 0.1) is 11.3 Å². The highest BCUT2D eigenvalue weighted by Crippen LogP contribution is 2.22. The van der Waals surface area contributed by atoms with Crippen LogP contribution in [0.4, 0.5) is 8.78 Å². The van der Waals surface area contributed by atoms with Gasteiger partial charge in [-0.05, 0) is 37.5 Å². The molecule has 1 saturated heterocycles. The molecular formula is C14H14F2N2O2. The van der Waals surface area contributed by atoms with Crippen molar-refractivity contribution in [2.75, 3.05) is 6.54 Å². The number of ether oxygens (including phenoxy) is 1. The molecule has 1 heterocycles. The number of amides is 1. The maximum absolute atomic E-state index is 12.3. The molecule has 0 radical (unpaired) electrons. The predicted molar refractivity (Wildman–Crippen MR) is 67.4 cm³/mol.